The predicted molar refractivity (Wildman–Crippen MR) is 151 cm³/mol. The summed E-state index contributed by atoms with van der Waals surface area (Å²) in [6.45, 7) is 9.11. The van der Waals surface area contributed by atoms with Crippen LogP contribution in [-0.4, -0.2) is 59.6 Å². The maximum Gasteiger partial charge on any atom is 0.162 e. The van der Waals surface area contributed by atoms with Crippen LogP contribution in [0.4, 0.5) is 0 Å². The van der Waals surface area contributed by atoms with Gasteiger partial charge in [0.2, 0.25) is 0 Å². The van der Waals surface area contributed by atoms with Crippen molar-refractivity contribution < 1.29 is 14.0 Å². The molecule has 2 saturated heterocycles. The number of Topliss-reactive ketones (excluding diaryl/α,β-unsaturated/α-hetero) is 2. The number of ketones is 2. The zero-order valence-corrected chi connectivity index (χ0v) is 22.6. The van der Waals surface area contributed by atoms with Gasteiger partial charge in [0.05, 0.1) is 0 Å². The van der Waals surface area contributed by atoms with Crippen LogP contribution in [0.3, 0.4) is 0 Å². The minimum Gasteiger partial charge on any atom is -0.456 e. The van der Waals surface area contributed by atoms with Crippen LogP contribution in [0.1, 0.15) is 98.8 Å². The summed E-state index contributed by atoms with van der Waals surface area (Å²) in [6, 6.07) is 12.4. The lowest BCUT2D eigenvalue weighted by atomic mass is 9.98. The van der Waals surface area contributed by atoms with Gasteiger partial charge >= 0.3 is 0 Å². The molecule has 0 amide bonds. The molecule has 3 heterocycles. The first-order valence-corrected chi connectivity index (χ1v) is 14.5. The lowest BCUT2D eigenvalue weighted by Crippen LogP contribution is -2.37. The van der Waals surface area contributed by atoms with E-state index in [2.05, 4.69) is 23.6 Å². The van der Waals surface area contributed by atoms with Crippen molar-refractivity contribution in [2.45, 2.75) is 90.1 Å². The molecule has 0 aliphatic carbocycles. The second-order valence-electron chi connectivity index (χ2n) is 11.3. The van der Waals surface area contributed by atoms with Gasteiger partial charge in [0.15, 0.2) is 11.6 Å². The number of carbonyl (C=O) groups is 2. The van der Waals surface area contributed by atoms with Crippen molar-refractivity contribution in [1.29, 1.82) is 0 Å². The maximum absolute atomic E-state index is 13.1. The topological polar surface area (TPSA) is 53.8 Å². The number of hydrogen-bond acceptors (Lipinski definition) is 5. The first kappa shape index (κ1) is 26.1. The van der Waals surface area contributed by atoms with Gasteiger partial charge in [0.1, 0.15) is 11.2 Å². The number of rotatable bonds is 10. The molecule has 0 saturated carbocycles. The Morgan fingerprint density at radius 2 is 1.08 bits per heavy atom. The Balaban J connectivity index is 1.26. The number of hydrogen-bond donors (Lipinski definition) is 0. The van der Waals surface area contributed by atoms with E-state index in [0.29, 0.717) is 24.9 Å². The number of benzene rings is 2. The van der Waals surface area contributed by atoms with Crippen LogP contribution in [0.5, 0.6) is 0 Å². The highest BCUT2D eigenvalue weighted by Crippen LogP contribution is 2.31. The van der Waals surface area contributed by atoms with Crippen molar-refractivity contribution in [3.05, 3.63) is 47.5 Å². The third kappa shape index (κ3) is 6.15. The van der Waals surface area contributed by atoms with Gasteiger partial charge in [0, 0.05) is 46.8 Å². The minimum absolute atomic E-state index is 0.180. The van der Waals surface area contributed by atoms with Gasteiger partial charge in [-0.15, -0.1) is 0 Å². The zero-order chi connectivity index (χ0) is 25.8. The maximum atomic E-state index is 13.1. The molecule has 2 fully saturated rings. The number of carbonyl (C=O) groups excluding carboxylic acids is 2. The molecule has 5 heteroatoms. The summed E-state index contributed by atoms with van der Waals surface area (Å²) in [5.41, 5.74) is 2.98. The summed E-state index contributed by atoms with van der Waals surface area (Å²) in [7, 11) is 0. The lowest BCUT2D eigenvalue weighted by Gasteiger charge is -2.32. The highest BCUT2D eigenvalue weighted by atomic mass is 16.3. The summed E-state index contributed by atoms with van der Waals surface area (Å²) < 4.78 is 6.04. The van der Waals surface area contributed by atoms with E-state index in [1.165, 1.54) is 38.5 Å². The largest absolute Gasteiger partial charge is 0.456 e. The molecule has 2 atom stereocenters. The number of fused-ring (bicyclic) bond motifs is 3. The molecule has 37 heavy (non-hydrogen) atoms. The van der Waals surface area contributed by atoms with Crippen LogP contribution >= 0.6 is 0 Å². The van der Waals surface area contributed by atoms with Crippen molar-refractivity contribution in [3.63, 3.8) is 0 Å². The molecule has 2 unspecified atom stereocenters. The molecule has 3 aromatic rings. The number of likely N-dealkylation sites (tertiary alicyclic amines) is 2. The molecular weight excluding hydrogens is 460 g/mol. The number of piperidine rings is 2. The molecule has 2 aromatic carbocycles. The van der Waals surface area contributed by atoms with Gasteiger partial charge in [-0.05, 0) is 115 Å². The van der Waals surface area contributed by atoms with E-state index in [1.54, 1.807) is 0 Å². The zero-order valence-electron chi connectivity index (χ0n) is 22.6. The second kappa shape index (κ2) is 11.9. The van der Waals surface area contributed by atoms with Crippen molar-refractivity contribution in [3.8, 4) is 0 Å². The van der Waals surface area contributed by atoms with E-state index >= 15 is 0 Å². The van der Waals surface area contributed by atoms with Gasteiger partial charge in [-0.2, -0.15) is 0 Å². The van der Waals surface area contributed by atoms with Crippen molar-refractivity contribution >= 4 is 33.5 Å². The summed E-state index contributed by atoms with van der Waals surface area (Å²) >= 11 is 0. The van der Waals surface area contributed by atoms with Crippen LogP contribution in [0.15, 0.2) is 40.8 Å². The molecule has 5 nitrogen and oxygen atoms in total. The molecular formula is C32H42N2O3. The molecule has 0 spiro atoms. The summed E-state index contributed by atoms with van der Waals surface area (Å²) in [5.74, 6) is 0.359. The SMILES string of the molecule is CC(CCC(=O)c1ccc2oc3ccc(C(=O)CCC(C)N4CCCCC4)cc3c2c1)N1CCCCC1. The summed E-state index contributed by atoms with van der Waals surface area (Å²) in [4.78, 5) is 31.2. The quantitative estimate of drug-likeness (QED) is 0.273. The summed E-state index contributed by atoms with van der Waals surface area (Å²) in [6.07, 6.45) is 10.6. The first-order valence-electron chi connectivity index (χ1n) is 14.5. The van der Waals surface area contributed by atoms with Gasteiger partial charge in [0.25, 0.3) is 0 Å². The van der Waals surface area contributed by atoms with Gasteiger partial charge in [-0.1, -0.05) is 12.8 Å². The Morgan fingerprint density at radius 1 is 0.676 bits per heavy atom. The fraction of sp³-hybridized carbons (Fsp3) is 0.562. The van der Waals surface area contributed by atoms with E-state index in [1.807, 2.05) is 36.4 Å². The third-order valence-electron chi connectivity index (χ3n) is 8.72. The summed E-state index contributed by atoms with van der Waals surface area (Å²) in [5, 5.41) is 1.84. The molecule has 5 rings (SSSR count). The fourth-order valence-electron chi connectivity index (χ4n) is 6.18. The molecule has 2 aliphatic rings. The molecule has 2 aliphatic heterocycles. The van der Waals surface area contributed by atoms with Gasteiger partial charge in [-0.3, -0.25) is 9.59 Å². The normalized spacial score (nSPS) is 19.3. The molecule has 0 radical (unpaired) electrons. The standard InChI is InChI=1S/C32H42N2O3/c1-23(33-17-5-3-6-18-33)9-13-29(35)25-11-15-31-27(21-25)28-22-26(12-16-32(28)37-31)30(36)14-10-24(2)34-19-7-4-8-20-34/h11-12,15-16,21-24H,3-10,13-14,17-20H2,1-2H3. The number of furan rings is 1. The van der Waals surface area contributed by atoms with Gasteiger partial charge in [-0.25, -0.2) is 0 Å². The molecule has 1 aromatic heterocycles. The molecule has 0 N–H and O–H groups in total. The smallest absolute Gasteiger partial charge is 0.162 e. The third-order valence-corrected chi connectivity index (χ3v) is 8.72. The van der Waals surface area contributed by atoms with Crippen molar-refractivity contribution in [1.82, 2.24) is 9.80 Å². The van der Waals surface area contributed by atoms with Crippen molar-refractivity contribution in [2.24, 2.45) is 0 Å². The average molecular weight is 503 g/mol. The van der Waals surface area contributed by atoms with E-state index < -0.39 is 0 Å². The van der Waals surface area contributed by atoms with Crippen molar-refractivity contribution in [2.75, 3.05) is 26.2 Å². The number of nitrogens with zero attached hydrogens (tertiary/aromatic N) is 2. The lowest BCUT2D eigenvalue weighted by molar-refractivity contribution is 0.0948. The first-order chi connectivity index (χ1) is 18.0. The van der Waals surface area contributed by atoms with E-state index in [9.17, 15) is 9.59 Å². The van der Waals surface area contributed by atoms with Crippen LogP contribution in [0.25, 0.3) is 21.9 Å². The predicted octanol–water partition coefficient (Wildman–Crippen LogP) is 7.26. The molecule has 0 bridgehead atoms. The Bertz CT molecular complexity index is 1140. The minimum atomic E-state index is 0.180. The Labute approximate surface area is 221 Å². The van der Waals surface area contributed by atoms with Crippen LogP contribution in [0.2, 0.25) is 0 Å². The van der Waals surface area contributed by atoms with E-state index in [4.69, 9.17) is 4.42 Å². The fourth-order valence-corrected chi connectivity index (χ4v) is 6.18. The Morgan fingerprint density at radius 3 is 1.49 bits per heavy atom. The average Bonchev–Trinajstić information content (AvgIpc) is 3.32. The second-order valence-corrected chi connectivity index (χ2v) is 11.3. The van der Waals surface area contributed by atoms with Crippen LogP contribution < -0.4 is 0 Å². The van der Waals surface area contributed by atoms with Crippen LogP contribution in [-0.2, 0) is 0 Å². The van der Waals surface area contributed by atoms with E-state index in [0.717, 1.165) is 72.1 Å². The monoisotopic (exact) mass is 502 g/mol. The highest BCUT2D eigenvalue weighted by Gasteiger charge is 2.20. The van der Waals surface area contributed by atoms with Crippen LogP contribution in [0, 0.1) is 0 Å². The highest BCUT2D eigenvalue weighted by molar-refractivity contribution is 6.10. The molecule has 198 valence electrons. The van der Waals surface area contributed by atoms with E-state index in [-0.39, 0.29) is 11.6 Å². The van der Waals surface area contributed by atoms with Gasteiger partial charge < -0.3 is 14.2 Å². The Hall–Kier alpha value is -2.50. The Kier molecular flexibility index (Phi) is 8.41.